The monoisotopic (exact) mass is 269 g/mol. The fourth-order valence-corrected chi connectivity index (χ4v) is 2.17. The third-order valence-electron chi connectivity index (χ3n) is 2.97. The first-order chi connectivity index (χ1) is 9.51. The lowest BCUT2D eigenvalue weighted by Gasteiger charge is -2.13. The fraction of sp³-hybridized carbons (Fsp3) is 0.286. The van der Waals surface area contributed by atoms with Crippen LogP contribution in [0.1, 0.15) is 22.5 Å². The molecule has 0 fully saturated rings. The minimum absolute atomic E-state index is 0.0165. The molecule has 0 saturated heterocycles. The average molecular weight is 269 g/mol. The van der Waals surface area contributed by atoms with Gasteiger partial charge in [-0.2, -0.15) is 5.26 Å². The maximum atomic E-state index is 12.0. The van der Waals surface area contributed by atoms with Crippen LogP contribution in [0.15, 0.2) is 18.5 Å². The van der Waals surface area contributed by atoms with E-state index in [-0.39, 0.29) is 18.3 Å². The number of rotatable bonds is 3. The molecule has 0 atom stereocenters. The first-order valence-corrected chi connectivity index (χ1v) is 6.17. The first kappa shape index (κ1) is 13.7. The van der Waals surface area contributed by atoms with E-state index in [0.29, 0.717) is 0 Å². The lowest BCUT2D eigenvalue weighted by molar-refractivity contribution is -0.116. The van der Waals surface area contributed by atoms with Crippen molar-refractivity contribution in [1.82, 2.24) is 14.8 Å². The molecule has 1 amide bonds. The summed E-state index contributed by atoms with van der Waals surface area (Å²) in [6.07, 6.45) is 1.37. The molecule has 102 valence electrons. The zero-order valence-electron chi connectivity index (χ0n) is 11.6. The lowest BCUT2D eigenvalue weighted by atomic mass is 10.1. The van der Waals surface area contributed by atoms with E-state index in [1.807, 2.05) is 39.0 Å². The Balaban J connectivity index is 2.15. The standard InChI is InChI=1S/C14H15N5O/c1-9-4-10(2)14(11(3)5-9)17-13(20)7-19-8-16-18-12(19)6-15/h4-5,8H,7H2,1-3H3,(H,17,20). The quantitative estimate of drug-likeness (QED) is 0.919. The van der Waals surface area contributed by atoms with Gasteiger partial charge in [0.15, 0.2) is 0 Å². The Morgan fingerprint density at radius 3 is 2.60 bits per heavy atom. The molecule has 1 heterocycles. The molecule has 0 aliphatic rings. The van der Waals surface area contributed by atoms with Gasteiger partial charge in [0.25, 0.3) is 0 Å². The molecule has 6 nitrogen and oxygen atoms in total. The van der Waals surface area contributed by atoms with Crippen molar-refractivity contribution in [3.8, 4) is 6.07 Å². The molecule has 0 aliphatic heterocycles. The van der Waals surface area contributed by atoms with Crippen molar-refractivity contribution >= 4 is 11.6 Å². The SMILES string of the molecule is Cc1cc(C)c(NC(=O)Cn2cnnc2C#N)c(C)c1. The topological polar surface area (TPSA) is 83.6 Å². The second-order valence-corrected chi connectivity index (χ2v) is 4.72. The van der Waals surface area contributed by atoms with Crippen LogP contribution >= 0.6 is 0 Å². The van der Waals surface area contributed by atoms with Gasteiger partial charge in [-0.05, 0) is 31.9 Å². The summed E-state index contributed by atoms with van der Waals surface area (Å²) < 4.78 is 1.41. The molecule has 0 saturated carbocycles. The normalized spacial score (nSPS) is 10.1. The second-order valence-electron chi connectivity index (χ2n) is 4.72. The number of hydrogen-bond acceptors (Lipinski definition) is 4. The van der Waals surface area contributed by atoms with E-state index in [2.05, 4.69) is 15.5 Å². The maximum absolute atomic E-state index is 12.0. The van der Waals surface area contributed by atoms with Crippen LogP contribution in [0, 0.1) is 32.1 Å². The molecule has 20 heavy (non-hydrogen) atoms. The molecule has 0 unspecified atom stereocenters. The van der Waals surface area contributed by atoms with E-state index in [1.54, 1.807) is 0 Å². The number of nitrogens with zero attached hydrogens (tertiary/aromatic N) is 4. The highest BCUT2D eigenvalue weighted by molar-refractivity contribution is 5.92. The maximum Gasteiger partial charge on any atom is 0.244 e. The van der Waals surface area contributed by atoms with Crippen LogP contribution in [0.25, 0.3) is 0 Å². The highest BCUT2D eigenvalue weighted by atomic mass is 16.1. The van der Waals surface area contributed by atoms with E-state index in [4.69, 9.17) is 5.26 Å². The van der Waals surface area contributed by atoms with Gasteiger partial charge >= 0.3 is 0 Å². The summed E-state index contributed by atoms with van der Waals surface area (Å²) in [5.74, 6) is -0.0890. The summed E-state index contributed by atoms with van der Waals surface area (Å²) in [7, 11) is 0. The molecule has 1 aromatic carbocycles. The van der Waals surface area contributed by atoms with Crippen molar-refractivity contribution in [3.63, 3.8) is 0 Å². The molecule has 6 heteroatoms. The Labute approximate surface area is 117 Å². The van der Waals surface area contributed by atoms with E-state index in [1.165, 1.54) is 10.9 Å². The Morgan fingerprint density at radius 2 is 2.00 bits per heavy atom. The van der Waals surface area contributed by atoms with Crippen molar-refractivity contribution in [2.45, 2.75) is 27.3 Å². The Bertz CT molecular complexity index is 673. The number of aryl methyl sites for hydroxylation is 3. The van der Waals surface area contributed by atoms with Crippen molar-refractivity contribution in [1.29, 1.82) is 5.26 Å². The summed E-state index contributed by atoms with van der Waals surface area (Å²) in [5, 5.41) is 18.9. The third-order valence-corrected chi connectivity index (χ3v) is 2.97. The summed E-state index contributed by atoms with van der Waals surface area (Å²) in [6.45, 7) is 5.94. The number of amides is 1. The number of nitriles is 1. The molecular weight excluding hydrogens is 254 g/mol. The average Bonchev–Trinajstić information content (AvgIpc) is 2.81. The molecule has 1 aromatic heterocycles. The largest absolute Gasteiger partial charge is 0.324 e. The van der Waals surface area contributed by atoms with Crippen LogP contribution in [0.2, 0.25) is 0 Å². The van der Waals surface area contributed by atoms with Gasteiger partial charge in [0.05, 0.1) is 0 Å². The molecule has 2 rings (SSSR count). The third kappa shape index (κ3) is 2.83. The number of aromatic nitrogens is 3. The van der Waals surface area contributed by atoms with Crippen LogP contribution < -0.4 is 5.32 Å². The second kappa shape index (κ2) is 5.53. The van der Waals surface area contributed by atoms with Gasteiger partial charge in [-0.15, -0.1) is 10.2 Å². The number of carbonyl (C=O) groups excluding carboxylic acids is 1. The smallest absolute Gasteiger partial charge is 0.244 e. The molecule has 0 bridgehead atoms. The minimum atomic E-state index is -0.212. The highest BCUT2D eigenvalue weighted by Crippen LogP contribution is 2.21. The van der Waals surface area contributed by atoms with Gasteiger partial charge in [-0.3, -0.25) is 9.36 Å². The van der Waals surface area contributed by atoms with E-state index >= 15 is 0 Å². The summed E-state index contributed by atoms with van der Waals surface area (Å²) in [6, 6.07) is 5.92. The van der Waals surface area contributed by atoms with Crippen LogP contribution in [0.3, 0.4) is 0 Å². The molecule has 0 radical (unpaired) electrons. The number of nitrogens with one attached hydrogen (secondary N) is 1. The predicted molar refractivity (Wildman–Crippen MR) is 74.0 cm³/mol. The minimum Gasteiger partial charge on any atom is -0.324 e. The van der Waals surface area contributed by atoms with Gasteiger partial charge in [0.2, 0.25) is 11.7 Å². The number of anilines is 1. The Kier molecular flexibility index (Phi) is 3.80. The van der Waals surface area contributed by atoms with Crippen LogP contribution in [0.5, 0.6) is 0 Å². The summed E-state index contributed by atoms with van der Waals surface area (Å²) in [5.41, 5.74) is 4.00. The Hall–Kier alpha value is -2.68. The lowest BCUT2D eigenvalue weighted by Crippen LogP contribution is -2.20. The van der Waals surface area contributed by atoms with Gasteiger partial charge in [-0.25, -0.2) is 0 Å². The number of carbonyl (C=O) groups is 1. The van der Waals surface area contributed by atoms with Gasteiger partial charge < -0.3 is 5.32 Å². The zero-order valence-corrected chi connectivity index (χ0v) is 11.6. The summed E-state index contributed by atoms with van der Waals surface area (Å²) >= 11 is 0. The molecule has 0 spiro atoms. The molecule has 2 aromatic rings. The van der Waals surface area contributed by atoms with Crippen molar-refractivity contribution in [2.75, 3.05) is 5.32 Å². The van der Waals surface area contributed by atoms with Gasteiger partial charge in [0.1, 0.15) is 18.9 Å². The first-order valence-electron chi connectivity index (χ1n) is 6.17. The van der Waals surface area contributed by atoms with E-state index in [0.717, 1.165) is 22.4 Å². The van der Waals surface area contributed by atoms with E-state index in [9.17, 15) is 4.79 Å². The Morgan fingerprint density at radius 1 is 1.35 bits per heavy atom. The number of hydrogen-bond donors (Lipinski definition) is 1. The molecule has 0 aliphatic carbocycles. The summed E-state index contributed by atoms with van der Waals surface area (Å²) in [4.78, 5) is 12.0. The highest BCUT2D eigenvalue weighted by Gasteiger charge is 2.11. The van der Waals surface area contributed by atoms with Crippen LogP contribution in [-0.2, 0) is 11.3 Å². The van der Waals surface area contributed by atoms with Crippen LogP contribution in [0.4, 0.5) is 5.69 Å². The van der Waals surface area contributed by atoms with Crippen molar-refractivity contribution in [2.24, 2.45) is 0 Å². The van der Waals surface area contributed by atoms with Gasteiger partial charge in [-0.1, -0.05) is 17.7 Å². The van der Waals surface area contributed by atoms with E-state index < -0.39 is 0 Å². The van der Waals surface area contributed by atoms with Crippen molar-refractivity contribution < 1.29 is 4.79 Å². The number of benzene rings is 1. The predicted octanol–water partition coefficient (Wildman–Crippen LogP) is 1.71. The molecular formula is C14H15N5O. The molecule has 1 N–H and O–H groups in total. The van der Waals surface area contributed by atoms with Crippen LogP contribution in [-0.4, -0.2) is 20.7 Å². The van der Waals surface area contributed by atoms with Crippen molar-refractivity contribution in [3.05, 3.63) is 41.0 Å². The fourth-order valence-electron chi connectivity index (χ4n) is 2.17. The van der Waals surface area contributed by atoms with Gasteiger partial charge in [0, 0.05) is 5.69 Å². The zero-order chi connectivity index (χ0) is 14.7.